The third-order valence-electron chi connectivity index (χ3n) is 8.09. The van der Waals surface area contributed by atoms with Gasteiger partial charge in [0.15, 0.2) is 0 Å². The quantitative estimate of drug-likeness (QED) is 0.422. The van der Waals surface area contributed by atoms with Gasteiger partial charge in [-0.15, -0.1) is 0 Å². The Kier molecular flexibility index (Phi) is 6.20. The summed E-state index contributed by atoms with van der Waals surface area (Å²) >= 11 is 0. The number of anilines is 1. The summed E-state index contributed by atoms with van der Waals surface area (Å²) in [6, 6.07) is 16.6. The number of likely N-dealkylation sites (tertiary alicyclic amines) is 1. The van der Waals surface area contributed by atoms with Gasteiger partial charge in [-0.25, -0.2) is 4.98 Å². The van der Waals surface area contributed by atoms with Gasteiger partial charge in [0.05, 0.1) is 5.60 Å². The number of carbonyl (C=O) groups is 1. The molecule has 4 aromatic rings. The second-order valence-corrected chi connectivity index (χ2v) is 11.2. The zero-order valence-electron chi connectivity index (χ0n) is 22.4. The number of H-pyrrole nitrogens is 1. The number of nitrogens with zero attached hydrogens (tertiary/aromatic N) is 4. The van der Waals surface area contributed by atoms with Crippen LogP contribution in [0.3, 0.4) is 0 Å². The average molecular weight is 510 g/mol. The first-order valence-electron chi connectivity index (χ1n) is 13.4. The SMILES string of the molecule is Cc1cc(-c2cnc3[nH]cc(-c4ccc(C(=O)N5CCC(C)(O)C5)cc4)c3c2)ccc1N1CCN(C)CC1. The van der Waals surface area contributed by atoms with Crippen LogP contribution in [0.1, 0.15) is 29.3 Å². The highest BCUT2D eigenvalue weighted by Gasteiger charge is 2.34. The van der Waals surface area contributed by atoms with Crippen molar-refractivity contribution in [1.29, 1.82) is 0 Å². The Morgan fingerprint density at radius 3 is 2.39 bits per heavy atom. The molecule has 7 nitrogen and oxygen atoms in total. The minimum atomic E-state index is -0.798. The average Bonchev–Trinajstić information content (AvgIpc) is 3.51. The summed E-state index contributed by atoms with van der Waals surface area (Å²) in [4.78, 5) is 27.5. The van der Waals surface area contributed by atoms with Crippen LogP contribution in [0.25, 0.3) is 33.3 Å². The Hall–Kier alpha value is -3.68. The number of aromatic amines is 1. The van der Waals surface area contributed by atoms with Crippen molar-refractivity contribution in [2.75, 3.05) is 51.2 Å². The monoisotopic (exact) mass is 509 g/mol. The first-order chi connectivity index (χ1) is 18.3. The van der Waals surface area contributed by atoms with Crippen molar-refractivity contribution in [3.63, 3.8) is 0 Å². The first-order valence-corrected chi connectivity index (χ1v) is 13.4. The summed E-state index contributed by atoms with van der Waals surface area (Å²) in [7, 11) is 2.18. The van der Waals surface area contributed by atoms with Crippen molar-refractivity contribution in [3.05, 3.63) is 72.1 Å². The number of hydrogen-bond acceptors (Lipinski definition) is 5. The fraction of sp³-hybridized carbons (Fsp3) is 0.355. The number of rotatable bonds is 4. The molecule has 0 bridgehead atoms. The molecule has 0 spiro atoms. The lowest BCUT2D eigenvalue weighted by Crippen LogP contribution is -2.44. The van der Waals surface area contributed by atoms with E-state index in [2.05, 4.69) is 53.0 Å². The van der Waals surface area contributed by atoms with Gasteiger partial charge in [0.2, 0.25) is 0 Å². The maximum absolute atomic E-state index is 12.9. The van der Waals surface area contributed by atoms with Crippen molar-refractivity contribution < 1.29 is 9.90 Å². The molecule has 4 heterocycles. The molecule has 0 radical (unpaired) electrons. The maximum atomic E-state index is 12.9. The van der Waals surface area contributed by atoms with Crippen LogP contribution >= 0.6 is 0 Å². The van der Waals surface area contributed by atoms with Crippen molar-refractivity contribution in [3.8, 4) is 22.3 Å². The Bertz CT molecular complexity index is 1480. The number of carbonyl (C=O) groups excluding carboxylic acids is 1. The van der Waals surface area contributed by atoms with Crippen molar-refractivity contribution >= 4 is 22.6 Å². The molecule has 196 valence electrons. The second kappa shape index (κ2) is 9.57. The molecule has 2 aliphatic rings. The number of piperazine rings is 1. The number of nitrogens with one attached hydrogen (secondary N) is 1. The van der Waals surface area contributed by atoms with E-state index in [1.165, 1.54) is 11.3 Å². The highest BCUT2D eigenvalue weighted by Crippen LogP contribution is 2.33. The Balaban J connectivity index is 1.25. The number of fused-ring (bicyclic) bond motifs is 1. The molecule has 2 fully saturated rings. The molecule has 1 amide bonds. The van der Waals surface area contributed by atoms with Crippen molar-refractivity contribution in [2.24, 2.45) is 0 Å². The lowest BCUT2D eigenvalue weighted by molar-refractivity contribution is 0.0572. The predicted molar refractivity (Wildman–Crippen MR) is 153 cm³/mol. The second-order valence-electron chi connectivity index (χ2n) is 11.2. The van der Waals surface area contributed by atoms with Gasteiger partial charge in [-0.1, -0.05) is 18.2 Å². The number of pyridine rings is 1. The van der Waals surface area contributed by atoms with Gasteiger partial charge in [-0.3, -0.25) is 4.79 Å². The number of aryl methyl sites for hydroxylation is 1. The van der Waals surface area contributed by atoms with Crippen LogP contribution in [-0.2, 0) is 0 Å². The third kappa shape index (κ3) is 4.68. The Morgan fingerprint density at radius 2 is 1.71 bits per heavy atom. The zero-order chi connectivity index (χ0) is 26.4. The van der Waals surface area contributed by atoms with Crippen LogP contribution in [0, 0.1) is 6.92 Å². The summed E-state index contributed by atoms with van der Waals surface area (Å²) in [5, 5.41) is 11.3. The minimum absolute atomic E-state index is 0.0346. The van der Waals surface area contributed by atoms with Crippen molar-refractivity contribution in [2.45, 2.75) is 25.9 Å². The first kappa shape index (κ1) is 24.6. The van der Waals surface area contributed by atoms with E-state index in [9.17, 15) is 9.90 Å². The molecule has 0 saturated carbocycles. The van der Waals surface area contributed by atoms with Crippen LogP contribution in [0.15, 0.2) is 60.9 Å². The van der Waals surface area contributed by atoms with E-state index in [0.29, 0.717) is 25.1 Å². The van der Waals surface area contributed by atoms with Crippen LogP contribution in [0.2, 0.25) is 0 Å². The number of likely N-dealkylation sites (N-methyl/N-ethyl adjacent to an activating group) is 1. The molecule has 6 rings (SSSR count). The van der Waals surface area contributed by atoms with Gasteiger partial charge in [-0.05, 0) is 74.3 Å². The number of benzene rings is 2. The van der Waals surface area contributed by atoms with E-state index in [1.807, 2.05) is 36.7 Å². The molecule has 7 heteroatoms. The normalized spacial score (nSPS) is 20.4. The van der Waals surface area contributed by atoms with Gasteiger partial charge in [0, 0.05) is 79.4 Å². The summed E-state index contributed by atoms with van der Waals surface area (Å²) in [5.74, 6) is -0.0346. The molecular formula is C31H35N5O2. The standard InChI is InChI=1S/C31H35N5O2/c1-21-16-24(8-9-28(21)35-14-12-34(3)13-15-35)25-17-26-27(19-33-29(26)32-18-25)22-4-6-23(7-5-22)30(37)36-11-10-31(2,38)20-36/h4-9,16-19,38H,10-15,20H2,1-3H3,(H,32,33). The largest absolute Gasteiger partial charge is 0.388 e. The summed E-state index contributed by atoms with van der Waals surface area (Å²) in [5.41, 5.74) is 7.60. The molecule has 1 atom stereocenters. The fourth-order valence-corrected chi connectivity index (χ4v) is 5.73. The van der Waals surface area contributed by atoms with Crippen LogP contribution in [0.4, 0.5) is 5.69 Å². The van der Waals surface area contributed by atoms with Crippen LogP contribution < -0.4 is 4.90 Å². The summed E-state index contributed by atoms with van der Waals surface area (Å²) in [6.07, 6.45) is 4.52. The molecule has 38 heavy (non-hydrogen) atoms. The Morgan fingerprint density at radius 1 is 0.974 bits per heavy atom. The van der Waals surface area contributed by atoms with E-state index in [4.69, 9.17) is 4.98 Å². The van der Waals surface area contributed by atoms with E-state index in [0.717, 1.165) is 59.5 Å². The molecule has 2 aliphatic heterocycles. The zero-order valence-corrected chi connectivity index (χ0v) is 22.4. The molecule has 2 aromatic heterocycles. The number of amides is 1. The minimum Gasteiger partial charge on any atom is -0.388 e. The number of β-amino-alcohol motifs (C(OH)–C–C–N with tert-alkyl or cyclic N) is 1. The summed E-state index contributed by atoms with van der Waals surface area (Å²) < 4.78 is 0. The lowest BCUT2D eigenvalue weighted by Gasteiger charge is -2.35. The predicted octanol–water partition coefficient (Wildman–Crippen LogP) is 4.55. The third-order valence-corrected chi connectivity index (χ3v) is 8.09. The molecule has 2 saturated heterocycles. The smallest absolute Gasteiger partial charge is 0.253 e. The van der Waals surface area contributed by atoms with Gasteiger partial charge < -0.3 is 24.8 Å². The van der Waals surface area contributed by atoms with E-state index < -0.39 is 5.60 Å². The van der Waals surface area contributed by atoms with E-state index >= 15 is 0 Å². The number of aliphatic hydroxyl groups is 1. The van der Waals surface area contributed by atoms with Gasteiger partial charge >= 0.3 is 0 Å². The summed E-state index contributed by atoms with van der Waals surface area (Å²) in [6.45, 7) is 9.23. The molecular weight excluding hydrogens is 474 g/mol. The lowest BCUT2D eigenvalue weighted by atomic mass is 9.99. The van der Waals surface area contributed by atoms with Gasteiger partial charge in [0.25, 0.3) is 5.91 Å². The maximum Gasteiger partial charge on any atom is 0.253 e. The van der Waals surface area contributed by atoms with Crippen LogP contribution in [0.5, 0.6) is 0 Å². The van der Waals surface area contributed by atoms with Gasteiger partial charge in [0.1, 0.15) is 5.65 Å². The van der Waals surface area contributed by atoms with E-state index in [-0.39, 0.29) is 5.91 Å². The molecule has 2 N–H and O–H groups in total. The topological polar surface area (TPSA) is 75.7 Å². The number of hydrogen-bond donors (Lipinski definition) is 2. The van der Waals surface area contributed by atoms with E-state index in [1.54, 1.807) is 11.8 Å². The van der Waals surface area contributed by atoms with Gasteiger partial charge in [-0.2, -0.15) is 0 Å². The molecule has 1 unspecified atom stereocenters. The van der Waals surface area contributed by atoms with Crippen LogP contribution in [-0.4, -0.2) is 82.7 Å². The Labute approximate surface area is 223 Å². The van der Waals surface area contributed by atoms with Crippen molar-refractivity contribution in [1.82, 2.24) is 19.8 Å². The molecule has 0 aliphatic carbocycles. The highest BCUT2D eigenvalue weighted by atomic mass is 16.3. The highest BCUT2D eigenvalue weighted by molar-refractivity contribution is 5.98. The molecule has 2 aromatic carbocycles. The number of aromatic nitrogens is 2. The fourth-order valence-electron chi connectivity index (χ4n) is 5.73.